The summed E-state index contributed by atoms with van der Waals surface area (Å²) >= 11 is 0. The van der Waals surface area contributed by atoms with E-state index in [1.165, 1.54) is 0 Å². The maximum atomic E-state index is 12.6. The van der Waals surface area contributed by atoms with E-state index in [0.29, 0.717) is 18.8 Å². The fourth-order valence-corrected chi connectivity index (χ4v) is 12.8. The molecule has 0 aromatic heterocycles. The van der Waals surface area contributed by atoms with Crippen molar-refractivity contribution in [2.24, 2.45) is 34.5 Å². The summed E-state index contributed by atoms with van der Waals surface area (Å²) < 4.78 is 42.1. The number of fused-ring (bicyclic) bond motifs is 5. The van der Waals surface area contributed by atoms with Gasteiger partial charge in [0.15, 0.2) is 18.9 Å². The van der Waals surface area contributed by atoms with Crippen molar-refractivity contribution in [3.8, 4) is 0 Å². The molecule has 4 aliphatic carbocycles. The van der Waals surface area contributed by atoms with Crippen molar-refractivity contribution >= 4 is 33.3 Å². The van der Waals surface area contributed by atoms with Gasteiger partial charge in [-0.15, -0.1) is 0 Å². The maximum absolute atomic E-state index is 12.6. The minimum atomic E-state index is -1.01. The van der Waals surface area contributed by atoms with Gasteiger partial charge < -0.3 is 63.8 Å². The molecular weight excluding hydrogens is 924 g/mol. The number of carbonyl (C=O) groups excluding carboxylic acids is 1. The van der Waals surface area contributed by atoms with Gasteiger partial charge in [-0.25, -0.2) is 4.79 Å². The van der Waals surface area contributed by atoms with Gasteiger partial charge in [-0.05, 0) is 107 Å². The molecule has 21 atom stereocenters. The van der Waals surface area contributed by atoms with Gasteiger partial charge in [0, 0.05) is 30.8 Å². The molecule has 6 N–H and O–H groups in total. The number of rotatable bonds is 7. The van der Waals surface area contributed by atoms with E-state index in [-0.39, 0.29) is 88.4 Å². The van der Waals surface area contributed by atoms with Gasteiger partial charge in [-0.1, -0.05) is 13.8 Å². The molecule has 15 heteroatoms. The number of carbonyl (C=O) groups is 1. The van der Waals surface area contributed by atoms with Gasteiger partial charge in [-0.2, -0.15) is 0 Å². The number of aliphatic hydroxyl groups is 6. The van der Waals surface area contributed by atoms with Gasteiger partial charge in [0.2, 0.25) is 0 Å². The monoisotopic (exact) mass is 990 g/mol. The summed E-state index contributed by atoms with van der Waals surface area (Å²) in [5.41, 5.74) is -0.892. The number of ether oxygens (including phenoxy) is 7. The van der Waals surface area contributed by atoms with Crippen LogP contribution in [-0.4, -0.2) is 162 Å². The fourth-order valence-electron chi connectivity index (χ4n) is 12.8. The van der Waals surface area contributed by atoms with Gasteiger partial charge in [-0.3, -0.25) is 0 Å². The van der Waals surface area contributed by atoms with E-state index in [1.807, 2.05) is 13.8 Å². The van der Waals surface area contributed by atoms with Crippen molar-refractivity contribution in [1.82, 2.24) is 0 Å². The summed E-state index contributed by atoms with van der Waals surface area (Å²) in [6.45, 7) is 9.90. The fraction of sp³-hybridized carbons (Fsp3) is 0.927. The summed E-state index contributed by atoms with van der Waals surface area (Å²) in [5, 5.41) is 66.9. The van der Waals surface area contributed by atoms with Crippen LogP contribution < -0.4 is 0 Å². The van der Waals surface area contributed by atoms with E-state index in [1.54, 1.807) is 19.9 Å². The van der Waals surface area contributed by atoms with E-state index in [9.17, 15) is 35.4 Å². The third-order valence-electron chi connectivity index (χ3n) is 16.0. The molecule has 0 spiro atoms. The number of aliphatic hydroxyl groups excluding tert-OH is 5. The Balaban J connectivity index is 0.00000480. The zero-order valence-electron chi connectivity index (χ0n) is 33.6. The van der Waals surface area contributed by atoms with E-state index in [0.717, 1.165) is 44.1 Å². The topological polar surface area (TPSA) is 203 Å². The predicted octanol–water partition coefficient (Wildman–Crippen LogP) is 1.30. The van der Waals surface area contributed by atoms with Crippen LogP contribution in [0.25, 0.3) is 0 Å². The summed E-state index contributed by atoms with van der Waals surface area (Å²) in [7, 11) is 0. The van der Waals surface area contributed by atoms with Crippen LogP contribution in [-0.2, 0) is 38.0 Å². The van der Waals surface area contributed by atoms with Crippen LogP contribution in [0, 0.1) is 34.5 Å². The van der Waals surface area contributed by atoms with Crippen LogP contribution in [0.4, 0.5) is 0 Å². The first-order valence-corrected chi connectivity index (χ1v) is 20.9. The molecule has 0 amide bonds. The third-order valence-corrected chi connectivity index (χ3v) is 16.0. The Morgan fingerprint density at radius 3 is 1.86 bits per heavy atom. The molecular formula is C41H66O14Pb. The molecule has 3 saturated heterocycles. The van der Waals surface area contributed by atoms with Gasteiger partial charge in [0.05, 0.1) is 54.4 Å². The molecule has 0 aromatic rings. The number of hydrogen-bond donors (Lipinski definition) is 6. The Bertz CT molecular complexity index is 1420. The van der Waals surface area contributed by atoms with Crippen LogP contribution in [0.3, 0.4) is 0 Å². The third kappa shape index (κ3) is 7.52. The van der Waals surface area contributed by atoms with Crippen LogP contribution in [0.2, 0.25) is 0 Å². The van der Waals surface area contributed by atoms with Crippen molar-refractivity contribution in [3.05, 3.63) is 11.6 Å². The quantitative estimate of drug-likeness (QED) is 0.121. The van der Waals surface area contributed by atoms with Crippen molar-refractivity contribution in [3.63, 3.8) is 0 Å². The molecule has 0 bridgehead atoms. The van der Waals surface area contributed by atoms with E-state index in [4.69, 9.17) is 33.2 Å². The Labute approximate surface area is 350 Å². The van der Waals surface area contributed by atoms with E-state index >= 15 is 0 Å². The molecule has 318 valence electrons. The van der Waals surface area contributed by atoms with Crippen molar-refractivity contribution in [1.29, 1.82) is 0 Å². The molecule has 4 saturated carbocycles. The molecule has 56 heavy (non-hydrogen) atoms. The standard InChI is InChI=1S/C41H64O14.Pb.2H/c1-19-36(47)28(42)15-34(50-19)54-38-21(3)52-35(17-30(38)44)55-37-20(2)51-33(16-29(37)43)53-24-8-10-39(4)23(13-24)6-7-26-27(39)14-31(45)40(5)25(9-11-41(26,40)48)22-12-32(46)49-18-22;;;/h12,19-21,23-31,33-38,42-45,47-48H,6-11,13-18H2,1-5H3;;;/t19-,20-,21-,23-,24+,25-,26-,27+,28+,29+,30+,31-,33+,34+,35+,36-,37-,38-,39+,40+,41+;;;/m1.../s1. The molecule has 8 rings (SSSR count). The Hall–Kier alpha value is -0.348. The second-order valence-corrected chi connectivity index (χ2v) is 18.8. The van der Waals surface area contributed by atoms with Crippen molar-refractivity contribution in [2.75, 3.05) is 6.61 Å². The summed E-state index contributed by atoms with van der Waals surface area (Å²) in [6, 6.07) is 0. The summed E-state index contributed by atoms with van der Waals surface area (Å²) in [5.74, 6) is 0.204. The zero-order valence-corrected chi connectivity index (χ0v) is 39.1. The van der Waals surface area contributed by atoms with Gasteiger partial charge in [0.25, 0.3) is 0 Å². The van der Waals surface area contributed by atoms with Crippen LogP contribution >= 0.6 is 0 Å². The zero-order chi connectivity index (χ0) is 39.2. The minimum absolute atomic E-state index is 0. The molecule has 0 aromatic carbocycles. The molecule has 0 unspecified atom stereocenters. The molecule has 8 aliphatic rings. The van der Waals surface area contributed by atoms with Gasteiger partial charge in [0.1, 0.15) is 24.9 Å². The number of hydrogen-bond acceptors (Lipinski definition) is 14. The summed E-state index contributed by atoms with van der Waals surface area (Å²) in [4.78, 5) is 11.9. The Morgan fingerprint density at radius 1 is 0.696 bits per heavy atom. The first-order chi connectivity index (χ1) is 26.0. The second kappa shape index (κ2) is 16.5. The second-order valence-electron chi connectivity index (χ2n) is 18.8. The van der Waals surface area contributed by atoms with E-state index < -0.39 is 90.9 Å². The molecule has 4 heterocycles. The average Bonchev–Trinajstić information content (AvgIpc) is 3.67. The SMILES string of the molecule is C[C@H]1O[C@@H](O[C@H]2[C@@H](O)C[C@H](O[C@H]3[C@@H](O)C[C@H](O[C@H]4CC[C@@]5(C)[C@H](CC[C@@H]6[C@@H]5C[C@@H](O)[C@]5(C)[C@@H](C7=CC(=O)OC7)CC[C@]65O)C4)O[C@@H]3C)O[C@@H]2C)C[C@H](O)[C@@H]1O.[PbH2]. The predicted molar refractivity (Wildman–Crippen MR) is 201 cm³/mol. The van der Waals surface area contributed by atoms with Crippen LogP contribution in [0.1, 0.15) is 105 Å². The normalized spacial score (nSPS) is 54.6. The van der Waals surface area contributed by atoms with Crippen molar-refractivity contribution in [2.45, 2.75) is 197 Å². The van der Waals surface area contributed by atoms with Crippen LogP contribution in [0.5, 0.6) is 0 Å². The number of cyclic esters (lactones) is 1. The number of esters is 1. The first-order valence-electron chi connectivity index (χ1n) is 20.9. The van der Waals surface area contributed by atoms with Crippen molar-refractivity contribution < 1.29 is 68.6 Å². The first kappa shape index (κ1) is 43.7. The molecule has 2 radical (unpaired) electrons. The van der Waals surface area contributed by atoms with Crippen LogP contribution in [0.15, 0.2) is 11.6 Å². The average molecular weight is 990 g/mol. The Kier molecular flexibility index (Phi) is 12.9. The van der Waals surface area contributed by atoms with E-state index in [2.05, 4.69) is 6.92 Å². The molecule has 7 fully saturated rings. The summed E-state index contributed by atoms with van der Waals surface area (Å²) in [6.07, 6.45) is -1.51. The van der Waals surface area contributed by atoms with Gasteiger partial charge >= 0.3 is 33.3 Å². The molecule has 4 aliphatic heterocycles. The Morgan fingerprint density at radius 2 is 1.29 bits per heavy atom. The molecule has 14 nitrogen and oxygen atoms in total.